The van der Waals surface area contributed by atoms with Crippen molar-refractivity contribution in [2.45, 2.75) is 63.2 Å². The average molecular weight is 412 g/mol. The number of carbonyl (C=O) groups excluding carboxylic acids is 1. The van der Waals surface area contributed by atoms with Gasteiger partial charge in [0.05, 0.1) is 12.7 Å². The first kappa shape index (κ1) is 23.3. The zero-order valence-corrected chi connectivity index (χ0v) is 16.3. The van der Waals surface area contributed by atoms with E-state index in [1.807, 2.05) is 0 Å². The highest BCUT2D eigenvalue weighted by Crippen LogP contribution is 2.24. The maximum Gasteiger partial charge on any atom is 0.331 e. The van der Waals surface area contributed by atoms with Crippen molar-refractivity contribution in [2.75, 3.05) is 6.61 Å². The molecule has 1 aromatic carbocycles. The molecule has 0 radical (unpaired) electrons. The second-order valence-electron chi connectivity index (χ2n) is 7.05. The van der Waals surface area contributed by atoms with E-state index in [9.17, 15) is 30.3 Å². The van der Waals surface area contributed by atoms with Crippen molar-refractivity contribution in [3.05, 3.63) is 35.9 Å². The number of aliphatic hydroxyl groups is 4. The highest BCUT2D eigenvalue weighted by molar-refractivity contribution is 5.87. The fraction of sp³-hybridized carbons (Fsp3) is 0.550. The Bertz CT molecular complexity index is 673. The fourth-order valence-electron chi connectivity index (χ4n) is 2.97. The minimum absolute atomic E-state index is 0.131. The van der Waals surface area contributed by atoms with E-state index in [2.05, 4.69) is 0 Å². The Balaban J connectivity index is 1.81. The number of ether oxygens (including phenoxy) is 3. The maximum absolute atomic E-state index is 11.9. The van der Waals surface area contributed by atoms with E-state index in [0.29, 0.717) is 0 Å². The maximum atomic E-state index is 11.9. The minimum Gasteiger partial charge on any atom is -0.508 e. The summed E-state index contributed by atoms with van der Waals surface area (Å²) in [5, 5.41) is 48.0. The summed E-state index contributed by atoms with van der Waals surface area (Å²) < 4.78 is 16.1. The Hall–Kier alpha value is -2.01. The number of hydrogen-bond acceptors (Lipinski definition) is 9. The molecule has 1 aliphatic heterocycles. The van der Waals surface area contributed by atoms with Crippen LogP contribution in [0.5, 0.6) is 5.75 Å². The summed E-state index contributed by atoms with van der Waals surface area (Å²) in [6.45, 7) is 2.82. The number of aliphatic hydroxyl groups excluding tert-OH is 4. The Morgan fingerprint density at radius 1 is 1.10 bits per heavy atom. The van der Waals surface area contributed by atoms with Crippen LogP contribution >= 0.6 is 0 Å². The lowest BCUT2D eigenvalue weighted by atomic mass is 9.99. The molecule has 0 aliphatic carbocycles. The molecule has 1 fully saturated rings. The number of esters is 1. The lowest BCUT2D eigenvalue weighted by molar-refractivity contribution is -0.311. The van der Waals surface area contributed by atoms with Gasteiger partial charge in [-0.15, -0.1) is 0 Å². The third-order valence-corrected chi connectivity index (χ3v) is 4.50. The normalized spacial score (nSPS) is 29.5. The number of benzene rings is 1. The molecule has 0 unspecified atom stereocenters. The molecule has 1 heterocycles. The van der Waals surface area contributed by atoms with Crippen molar-refractivity contribution >= 4 is 12.0 Å². The summed E-state index contributed by atoms with van der Waals surface area (Å²) >= 11 is 0. The molecule has 2 rings (SSSR count). The van der Waals surface area contributed by atoms with Gasteiger partial charge in [0.25, 0.3) is 0 Å². The van der Waals surface area contributed by atoms with Gasteiger partial charge >= 0.3 is 5.97 Å². The van der Waals surface area contributed by atoms with Gasteiger partial charge in [0.15, 0.2) is 6.29 Å². The lowest BCUT2D eigenvalue weighted by Crippen LogP contribution is -2.59. The predicted octanol–water partition coefficient (Wildman–Crippen LogP) is -0.0678. The topological polar surface area (TPSA) is 146 Å². The molecular weight excluding hydrogens is 384 g/mol. The molecule has 1 aromatic rings. The van der Waals surface area contributed by atoms with Gasteiger partial charge in [0, 0.05) is 12.5 Å². The van der Waals surface area contributed by atoms with Gasteiger partial charge < -0.3 is 39.7 Å². The van der Waals surface area contributed by atoms with Gasteiger partial charge in [-0.2, -0.15) is 0 Å². The molecule has 9 heteroatoms. The van der Waals surface area contributed by atoms with Crippen molar-refractivity contribution in [3.8, 4) is 5.75 Å². The Morgan fingerprint density at radius 3 is 2.38 bits per heavy atom. The molecule has 9 nitrogen and oxygen atoms in total. The van der Waals surface area contributed by atoms with Crippen LogP contribution in [0.15, 0.2) is 30.3 Å². The second kappa shape index (κ2) is 10.7. The number of phenols is 1. The zero-order valence-electron chi connectivity index (χ0n) is 16.3. The first-order valence-corrected chi connectivity index (χ1v) is 9.35. The van der Waals surface area contributed by atoms with E-state index in [0.717, 1.165) is 5.56 Å². The smallest absolute Gasteiger partial charge is 0.331 e. The molecule has 0 spiro atoms. The Morgan fingerprint density at radius 2 is 1.76 bits per heavy atom. The second-order valence-corrected chi connectivity index (χ2v) is 7.05. The first-order chi connectivity index (χ1) is 13.7. The van der Waals surface area contributed by atoms with Crippen molar-refractivity contribution in [2.24, 2.45) is 0 Å². The molecule has 29 heavy (non-hydrogen) atoms. The van der Waals surface area contributed by atoms with Crippen molar-refractivity contribution < 1.29 is 44.5 Å². The van der Waals surface area contributed by atoms with Gasteiger partial charge in [-0.1, -0.05) is 12.1 Å². The van der Waals surface area contributed by atoms with Crippen LogP contribution in [-0.4, -0.2) is 81.0 Å². The molecule has 7 atom stereocenters. The highest BCUT2D eigenvalue weighted by Gasteiger charge is 2.44. The summed E-state index contributed by atoms with van der Waals surface area (Å²) in [6, 6.07) is 6.31. The first-order valence-electron chi connectivity index (χ1n) is 9.35. The van der Waals surface area contributed by atoms with E-state index in [4.69, 9.17) is 14.2 Å². The summed E-state index contributed by atoms with van der Waals surface area (Å²) in [5.41, 5.74) is 0.728. The monoisotopic (exact) mass is 412 g/mol. The molecule has 5 N–H and O–H groups in total. The van der Waals surface area contributed by atoms with Crippen LogP contribution in [0.1, 0.15) is 25.8 Å². The van der Waals surface area contributed by atoms with Gasteiger partial charge in [-0.05, 0) is 37.6 Å². The highest BCUT2D eigenvalue weighted by atomic mass is 16.7. The van der Waals surface area contributed by atoms with Crippen molar-refractivity contribution in [3.63, 3.8) is 0 Å². The summed E-state index contributed by atoms with van der Waals surface area (Å²) in [6.07, 6.45) is -4.65. The van der Waals surface area contributed by atoms with Crippen molar-refractivity contribution in [1.82, 2.24) is 0 Å². The van der Waals surface area contributed by atoms with Crippen molar-refractivity contribution in [1.29, 1.82) is 0 Å². The van der Waals surface area contributed by atoms with Crippen LogP contribution in [0.3, 0.4) is 0 Å². The number of rotatable bonds is 8. The molecule has 1 saturated heterocycles. The van der Waals surface area contributed by atoms with E-state index in [1.165, 1.54) is 18.2 Å². The predicted molar refractivity (Wildman–Crippen MR) is 102 cm³/mol. The third-order valence-electron chi connectivity index (χ3n) is 4.50. The number of phenolic OH excluding ortho intramolecular Hbond substituents is 1. The van der Waals surface area contributed by atoms with E-state index >= 15 is 0 Å². The Kier molecular flexibility index (Phi) is 8.57. The summed E-state index contributed by atoms with van der Waals surface area (Å²) in [4.78, 5) is 11.9. The Labute approximate surface area is 168 Å². The van der Waals surface area contributed by atoms with Gasteiger partial charge in [0.2, 0.25) is 0 Å². The largest absolute Gasteiger partial charge is 0.508 e. The SMILES string of the molecule is C[C@H](C[C@H](C)OC(=O)C=Cc1ccc(O)cc1)O[C@H]1O[C@H](CO)[C@@H](O)[C@H](O)[C@H]1O. The number of hydrogen-bond donors (Lipinski definition) is 5. The van der Waals surface area contributed by atoms with Crippen LogP contribution in [0.4, 0.5) is 0 Å². The number of carbonyl (C=O) groups is 1. The molecule has 1 aliphatic rings. The standard InChI is InChI=1S/C20H28O9/c1-11(27-16(23)8-5-13-3-6-14(22)7-4-13)9-12(2)28-20-19(26)18(25)17(24)15(10-21)29-20/h3-8,11-12,15,17-22,24-26H,9-10H2,1-2H3/t11-,12+,15+,17+,18-,19+,20-/m0/s1. The molecule has 0 amide bonds. The minimum atomic E-state index is -1.52. The molecule has 0 aromatic heterocycles. The molecule has 0 bridgehead atoms. The van der Waals surface area contributed by atoms with Gasteiger partial charge in [-0.3, -0.25) is 0 Å². The van der Waals surface area contributed by atoms with Gasteiger partial charge in [-0.25, -0.2) is 4.79 Å². The fourth-order valence-corrected chi connectivity index (χ4v) is 2.97. The van der Waals surface area contributed by atoms with E-state index in [1.54, 1.807) is 32.1 Å². The summed E-state index contributed by atoms with van der Waals surface area (Å²) in [7, 11) is 0. The average Bonchev–Trinajstić information content (AvgIpc) is 2.67. The molecular formula is C20H28O9. The molecule has 162 valence electrons. The van der Waals surface area contributed by atoms with E-state index in [-0.39, 0.29) is 12.2 Å². The quantitative estimate of drug-likeness (QED) is 0.292. The molecule has 0 saturated carbocycles. The zero-order chi connectivity index (χ0) is 21.6. The van der Waals surface area contributed by atoms with Gasteiger partial charge in [0.1, 0.15) is 36.3 Å². The van der Waals surface area contributed by atoms with Crippen LogP contribution in [0.2, 0.25) is 0 Å². The van der Waals surface area contributed by atoms with Crippen LogP contribution in [0, 0.1) is 0 Å². The van der Waals surface area contributed by atoms with Crippen LogP contribution in [0.25, 0.3) is 6.08 Å². The number of aromatic hydroxyl groups is 1. The third kappa shape index (κ3) is 6.77. The summed E-state index contributed by atoms with van der Waals surface area (Å²) in [5.74, 6) is -0.419. The van der Waals surface area contributed by atoms with Crippen LogP contribution in [-0.2, 0) is 19.0 Å². The lowest BCUT2D eigenvalue weighted by Gasteiger charge is -2.40. The van der Waals surface area contributed by atoms with E-state index < -0.39 is 55.5 Å². The van der Waals surface area contributed by atoms with Crippen LogP contribution < -0.4 is 0 Å².